The number of hydrogen-bond donors (Lipinski definition) is 0. The van der Waals surface area contributed by atoms with E-state index in [0.717, 1.165) is 11.5 Å². The van der Waals surface area contributed by atoms with Crippen LogP contribution in [0.1, 0.15) is 26.3 Å². The molecule has 1 aliphatic heterocycles. The molecule has 1 heterocycles. The second-order valence-corrected chi connectivity index (χ2v) is 6.15. The first-order chi connectivity index (χ1) is 9.05. The monoisotopic (exact) mass is 253 g/mol. The maximum absolute atomic E-state index is 5.84. The van der Waals surface area contributed by atoms with Crippen molar-refractivity contribution in [3.05, 3.63) is 48.0 Å². The Morgan fingerprint density at radius 1 is 1.05 bits per heavy atom. The van der Waals surface area contributed by atoms with E-state index in [1.807, 2.05) is 0 Å². The summed E-state index contributed by atoms with van der Waals surface area (Å²) in [6.45, 7) is 7.30. The van der Waals surface area contributed by atoms with Crippen molar-refractivity contribution in [2.45, 2.75) is 26.8 Å². The summed E-state index contributed by atoms with van der Waals surface area (Å²) in [5.74, 6) is 0.789. The minimum atomic E-state index is 0.145. The third-order valence-electron chi connectivity index (χ3n) is 3.67. The molecule has 2 heteroatoms. The van der Waals surface area contributed by atoms with E-state index in [1.54, 1.807) is 0 Å². The summed E-state index contributed by atoms with van der Waals surface area (Å²) in [7, 11) is 0. The highest BCUT2D eigenvalue weighted by Crippen LogP contribution is 2.29. The predicted octanol–water partition coefficient (Wildman–Crippen LogP) is 4.03. The average Bonchev–Trinajstić information content (AvgIpc) is 2.87. The summed E-state index contributed by atoms with van der Waals surface area (Å²) in [5, 5.41) is 2.43. The highest BCUT2D eigenvalue weighted by Gasteiger charge is 2.30. The van der Waals surface area contributed by atoms with Gasteiger partial charge < -0.3 is 4.74 Å². The van der Waals surface area contributed by atoms with E-state index in [1.165, 1.54) is 10.8 Å². The summed E-state index contributed by atoms with van der Waals surface area (Å²) < 4.78 is 5.84. The number of fused-ring (bicyclic) bond motifs is 1. The van der Waals surface area contributed by atoms with E-state index in [4.69, 9.17) is 9.73 Å². The summed E-state index contributed by atoms with van der Waals surface area (Å²) in [6, 6.07) is 14.9. The van der Waals surface area contributed by atoms with Gasteiger partial charge in [-0.05, 0) is 22.3 Å². The summed E-state index contributed by atoms with van der Waals surface area (Å²) in [6.07, 6.45) is 0. The average molecular weight is 253 g/mol. The lowest BCUT2D eigenvalue weighted by Gasteiger charge is -2.21. The Balaban J connectivity index is 2.07. The molecule has 2 aromatic carbocycles. The van der Waals surface area contributed by atoms with Crippen LogP contribution >= 0.6 is 0 Å². The number of benzene rings is 2. The SMILES string of the molecule is CC(C)(C)[C@@H]1COC(c2cccc3ccccc23)=N1. The maximum atomic E-state index is 5.84. The number of nitrogens with zero attached hydrogens (tertiary/aromatic N) is 1. The summed E-state index contributed by atoms with van der Waals surface area (Å²) in [5.41, 5.74) is 1.25. The van der Waals surface area contributed by atoms with Gasteiger partial charge in [0.2, 0.25) is 5.90 Å². The second-order valence-electron chi connectivity index (χ2n) is 6.15. The van der Waals surface area contributed by atoms with Crippen molar-refractivity contribution in [3.8, 4) is 0 Å². The van der Waals surface area contributed by atoms with Crippen LogP contribution in [0.2, 0.25) is 0 Å². The highest BCUT2D eigenvalue weighted by molar-refractivity contribution is 6.07. The molecule has 0 fully saturated rings. The molecule has 0 saturated carbocycles. The molecule has 19 heavy (non-hydrogen) atoms. The third kappa shape index (κ3) is 2.23. The van der Waals surface area contributed by atoms with Crippen molar-refractivity contribution in [3.63, 3.8) is 0 Å². The lowest BCUT2D eigenvalue weighted by Crippen LogP contribution is -2.25. The van der Waals surface area contributed by atoms with Gasteiger partial charge in [-0.1, -0.05) is 57.2 Å². The molecule has 0 saturated heterocycles. The molecule has 1 atom stereocenters. The van der Waals surface area contributed by atoms with E-state index in [-0.39, 0.29) is 11.5 Å². The van der Waals surface area contributed by atoms with Gasteiger partial charge in [-0.3, -0.25) is 0 Å². The zero-order valence-electron chi connectivity index (χ0n) is 11.7. The minimum Gasteiger partial charge on any atom is -0.475 e. The lowest BCUT2D eigenvalue weighted by atomic mass is 9.88. The molecule has 0 unspecified atom stereocenters. The number of ether oxygens (including phenoxy) is 1. The van der Waals surface area contributed by atoms with Crippen molar-refractivity contribution in [2.24, 2.45) is 10.4 Å². The Bertz CT molecular complexity index is 632. The lowest BCUT2D eigenvalue weighted by molar-refractivity contribution is 0.236. The summed E-state index contributed by atoms with van der Waals surface area (Å²) >= 11 is 0. The molecule has 1 aliphatic rings. The molecule has 0 amide bonds. The summed E-state index contributed by atoms with van der Waals surface area (Å²) in [4.78, 5) is 4.77. The van der Waals surface area contributed by atoms with Gasteiger partial charge in [-0.25, -0.2) is 4.99 Å². The molecule has 0 aromatic heterocycles. The fourth-order valence-corrected chi connectivity index (χ4v) is 2.38. The maximum Gasteiger partial charge on any atom is 0.217 e. The van der Waals surface area contributed by atoms with Gasteiger partial charge in [-0.15, -0.1) is 0 Å². The molecule has 0 N–H and O–H groups in total. The highest BCUT2D eigenvalue weighted by atomic mass is 16.5. The molecule has 3 rings (SSSR count). The fraction of sp³-hybridized carbons (Fsp3) is 0.353. The first kappa shape index (κ1) is 12.2. The fourth-order valence-electron chi connectivity index (χ4n) is 2.38. The van der Waals surface area contributed by atoms with Crippen molar-refractivity contribution in [1.82, 2.24) is 0 Å². The minimum absolute atomic E-state index is 0.145. The van der Waals surface area contributed by atoms with E-state index >= 15 is 0 Å². The van der Waals surface area contributed by atoms with Gasteiger partial charge in [-0.2, -0.15) is 0 Å². The largest absolute Gasteiger partial charge is 0.475 e. The van der Waals surface area contributed by atoms with E-state index < -0.39 is 0 Å². The molecule has 0 spiro atoms. The van der Waals surface area contributed by atoms with Gasteiger partial charge in [0.05, 0.1) is 6.04 Å². The van der Waals surface area contributed by atoms with Crippen molar-refractivity contribution in [1.29, 1.82) is 0 Å². The number of aliphatic imine (C=N–C) groups is 1. The molecular formula is C17H19NO. The Morgan fingerprint density at radius 3 is 2.53 bits per heavy atom. The third-order valence-corrected chi connectivity index (χ3v) is 3.67. The van der Waals surface area contributed by atoms with Crippen LogP contribution in [0.15, 0.2) is 47.5 Å². The Hall–Kier alpha value is -1.83. The van der Waals surface area contributed by atoms with Crippen molar-refractivity contribution < 1.29 is 4.74 Å². The number of hydrogen-bond acceptors (Lipinski definition) is 2. The molecule has 98 valence electrons. The van der Waals surface area contributed by atoms with Crippen LogP contribution in [0.4, 0.5) is 0 Å². The van der Waals surface area contributed by atoms with E-state index in [9.17, 15) is 0 Å². The normalized spacial score (nSPS) is 19.3. The van der Waals surface area contributed by atoms with Crippen LogP contribution in [0.3, 0.4) is 0 Å². The standard InChI is InChI=1S/C17H19NO/c1-17(2,3)15-11-19-16(18-15)14-10-6-8-12-7-4-5-9-13(12)14/h4-10,15H,11H2,1-3H3/t15-/m0/s1. The molecule has 0 aliphatic carbocycles. The van der Waals surface area contributed by atoms with Crippen LogP contribution in [-0.2, 0) is 4.74 Å². The second kappa shape index (κ2) is 4.37. The first-order valence-electron chi connectivity index (χ1n) is 6.74. The van der Waals surface area contributed by atoms with Crippen LogP contribution in [-0.4, -0.2) is 18.5 Å². The van der Waals surface area contributed by atoms with Gasteiger partial charge in [0.15, 0.2) is 0 Å². The van der Waals surface area contributed by atoms with Crippen LogP contribution in [0.25, 0.3) is 10.8 Å². The van der Waals surface area contributed by atoms with Crippen LogP contribution < -0.4 is 0 Å². The van der Waals surface area contributed by atoms with Crippen LogP contribution in [0.5, 0.6) is 0 Å². The van der Waals surface area contributed by atoms with Crippen molar-refractivity contribution in [2.75, 3.05) is 6.61 Å². The van der Waals surface area contributed by atoms with Crippen LogP contribution in [0, 0.1) is 5.41 Å². The predicted molar refractivity (Wildman–Crippen MR) is 79.7 cm³/mol. The smallest absolute Gasteiger partial charge is 0.217 e. The molecule has 2 aromatic rings. The van der Waals surface area contributed by atoms with Gasteiger partial charge in [0, 0.05) is 5.56 Å². The Kier molecular flexibility index (Phi) is 2.81. The van der Waals surface area contributed by atoms with Gasteiger partial charge in [0.25, 0.3) is 0 Å². The first-order valence-corrected chi connectivity index (χ1v) is 6.74. The molecular weight excluding hydrogens is 234 g/mol. The van der Waals surface area contributed by atoms with Gasteiger partial charge >= 0.3 is 0 Å². The Labute approximate surface area is 114 Å². The molecule has 2 nitrogen and oxygen atoms in total. The van der Waals surface area contributed by atoms with E-state index in [2.05, 4.69) is 63.2 Å². The number of rotatable bonds is 1. The molecule has 0 radical (unpaired) electrons. The van der Waals surface area contributed by atoms with Crippen molar-refractivity contribution >= 4 is 16.7 Å². The zero-order valence-corrected chi connectivity index (χ0v) is 11.7. The molecule has 0 bridgehead atoms. The van der Waals surface area contributed by atoms with Gasteiger partial charge in [0.1, 0.15) is 6.61 Å². The Morgan fingerprint density at radius 2 is 1.79 bits per heavy atom. The quantitative estimate of drug-likeness (QED) is 0.752. The topological polar surface area (TPSA) is 21.6 Å². The van der Waals surface area contributed by atoms with E-state index in [0.29, 0.717) is 6.61 Å². The zero-order chi connectivity index (χ0) is 13.5.